The molecule has 0 fully saturated rings. The normalized spacial score (nSPS) is 10.7. The first-order valence-corrected chi connectivity index (χ1v) is 8.15. The number of aromatic nitrogens is 3. The molecule has 0 saturated carbocycles. The lowest BCUT2D eigenvalue weighted by molar-refractivity contribution is 0.848. The lowest BCUT2D eigenvalue weighted by atomic mass is 10.2. The fourth-order valence-electron chi connectivity index (χ4n) is 2.34. The third-order valence-corrected chi connectivity index (χ3v) is 4.08. The number of aryl methyl sites for hydroxylation is 1. The molecule has 0 radical (unpaired) electrons. The molecule has 6 heteroatoms. The van der Waals surface area contributed by atoms with Crippen molar-refractivity contribution >= 4 is 29.5 Å². The number of rotatable bonds is 5. The largest absolute Gasteiger partial charge is 0.385 e. The van der Waals surface area contributed by atoms with Gasteiger partial charge in [0.1, 0.15) is 5.82 Å². The third kappa shape index (κ3) is 3.81. The van der Waals surface area contributed by atoms with Crippen LogP contribution in [0.2, 0.25) is 5.02 Å². The summed E-state index contributed by atoms with van der Waals surface area (Å²) in [5, 5.41) is 11.3. The summed E-state index contributed by atoms with van der Waals surface area (Å²) in [5.41, 5.74) is 3.27. The molecule has 0 unspecified atom stereocenters. The number of halogens is 1. The zero-order valence-electron chi connectivity index (χ0n) is 12.7. The summed E-state index contributed by atoms with van der Waals surface area (Å²) >= 11 is 11.2. The minimum absolute atomic E-state index is 0.607. The quantitative estimate of drug-likeness (QED) is 0.667. The number of anilines is 1. The van der Waals surface area contributed by atoms with Crippen LogP contribution in [0.3, 0.4) is 0 Å². The van der Waals surface area contributed by atoms with Crippen molar-refractivity contribution in [1.82, 2.24) is 14.8 Å². The second-order valence-electron chi connectivity index (χ2n) is 5.30. The van der Waals surface area contributed by atoms with E-state index in [1.165, 1.54) is 5.56 Å². The van der Waals surface area contributed by atoms with Gasteiger partial charge in [0.2, 0.25) is 0 Å². The van der Waals surface area contributed by atoms with Gasteiger partial charge in [0, 0.05) is 29.4 Å². The molecule has 0 atom stereocenters. The van der Waals surface area contributed by atoms with Crippen molar-refractivity contribution in [1.29, 1.82) is 0 Å². The van der Waals surface area contributed by atoms with Crippen LogP contribution in [0.4, 0.5) is 5.69 Å². The van der Waals surface area contributed by atoms with Gasteiger partial charge in [-0.25, -0.2) is 0 Å². The molecule has 3 rings (SSSR count). The van der Waals surface area contributed by atoms with Crippen LogP contribution in [0.1, 0.15) is 11.4 Å². The van der Waals surface area contributed by atoms with E-state index in [0.29, 0.717) is 4.77 Å². The topological polar surface area (TPSA) is 45.6 Å². The lowest BCUT2D eigenvalue weighted by Crippen LogP contribution is -2.09. The molecule has 23 heavy (non-hydrogen) atoms. The van der Waals surface area contributed by atoms with E-state index in [2.05, 4.69) is 46.7 Å². The third-order valence-electron chi connectivity index (χ3n) is 3.56. The van der Waals surface area contributed by atoms with Crippen molar-refractivity contribution in [2.45, 2.75) is 13.3 Å². The Bertz CT molecular complexity index is 834. The molecule has 0 spiro atoms. The smallest absolute Gasteiger partial charge is 0.199 e. The maximum atomic E-state index is 5.89. The summed E-state index contributed by atoms with van der Waals surface area (Å²) in [5.74, 6) is 0.903. The van der Waals surface area contributed by atoms with Gasteiger partial charge in [0.25, 0.3) is 0 Å². The van der Waals surface area contributed by atoms with Gasteiger partial charge in [0.05, 0.1) is 0 Å². The maximum absolute atomic E-state index is 5.89. The van der Waals surface area contributed by atoms with Crippen molar-refractivity contribution in [3.63, 3.8) is 0 Å². The van der Waals surface area contributed by atoms with Crippen LogP contribution >= 0.6 is 23.8 Å². The first-order valence-electron chi connectivity index (χ1n) is 7.36. The molecular weight excluding hydrogens is 328 g/mol. The number of benzene rings is 2. The highest BCUT2D eigenvalue weighted by molar-refractivity contribution is 7.71. The Hall–Kier alpha value is -2.11. The Kier molecular flexibility index (Phi) is 4.79. The molecule has 0 saturated heterocycles. The number of hydrogen-bond acceptors (Lipinski definition) is 3. The van der Waals surface area contributed by atoms with Gasteiger partial charge in [0.15, 0.2) is 4.77 Å². The van der Waals surface area contributed by atoms with Gasteiger partial charge in [-0.2, -0.15) is 5.10 Å². The summed E-state index contributed by atoms with van der Waals surface area (Å²) in [4.78, 5) is 0. The summed E-state index contributed by atoms with van der Waals surface area (Å²) in [6.07, 6.45) is 0.754. The fraction of sp³-hybridized carbons (Fsp3) is 0.176. The van der Waals surface area contributed by atoms with Gasteiger partial charge < -0.3 is 5.32 Å². The first kappa shape index (κ1) is 15.8. The van der Waals surface area contributed by atoms with E-state index in [-0.39, 0.29) is 0 Å². The van der Waals surface area contributed by atoms with Crippen molar-refractivity contribution in [2.24, 2.45) is 0 Å². The van der Waals surface area contributed by atoms with E-state index in [4.69, 9.17) is 23.8 Å². The van der Waals surface area contributed by atoms with Crippen LogP contribution < -0.4 is 5.32 Å². The zero-order valence-corrected chi connectivity index (χ0v) is 14.3. The predicted molar refractivity (Wildman–Crippen MR) is 97.1 cm³/mol. The number of aromatic amines is 1. The number of hydrogen-bond donors (Lipinski definition) is 2. The monoisotopic (exact) mass is 344 g/mol. The molecule has 0 aliphatic heterocycles. The molecule has 2 N–H and O–H groups in total. The average molecular weight is 345 g/mol. The van der Waals surface area contributed by atoms with E-state index in [1.54, 1.807) is 0 Å². The van der Waals surface area contributed by atoms with E-state index < -0.39 is 0 Å². The summed E-state index contributed by atoms with van der Waals surface area (Å²) in [7, 11) is 0. The van der Waals surface area contributed by atoms with Crippen LogP contribution in [-0.2, 0) is 6.42 Å². The minimum Gasteiger partial charge on any atom is -0.385 e. The molecule has 118 valence electrons. The summed E-state index contributed by atoms with van der Waals surface area (Å²) in [6.45, 7) is 2.82. The van der Waals surface area contributed by atoms with Crippen molar-refractivity contribution in [3.05, 3.63) is 69.7 Å². The average Bonchev–Trinajstić information content (AvgIpc) is 2.91. The standard InChI is InChI=1S/C17H17ClN4S/c1-12-2-8-15(9-3-12)22-16(20-21-17(22)23)10-11-19-14-6-4-13(18)5-7-14/h2-9,19H,10-11H2,1H3,(H,21,23). The molecule has 0 aliphatic rings. The molecule has 0 bridgehead atoms. The Morgan fingerprint density at radius 1 is 1.13 bits per heavy atom. The molecule has 0 aliphatic carbocycles. The van der Waals surface area contributed by atoms with Crippen LogP contribution in [-0.4, -0.2) is 21.3 Å². The first-order chi connectivity index (χ1) is 11.1. The SMILES string of the molecule is Cc1ccc(-n2c(CCNc3ccc(Cl)cc3)n[nH]c2=S)cc1. The van der Waals surface area contributed by atoms with Crippen LogP contribution in [0.25, 0.3) is 5.69 Å². The molecular formula is C17H17ClN4S. The van der Waals surface area contributed by atoms with Gasteiger partial charge in [-0.05, 0) is 55.5 Å². The highest BCUT2D eigenvalue weighted by atomic mass is 35.5. The number of H-pyrrole nitrogens is 1. The number of nitrogens with one attached hydrogen (secondary N) is 2. The lowest BCUT2D eigenvalue weighted by Gasteiger charge is -2.09. The zero-order chi connectivity index (χ0) is 16.2. The fourth-order valence-corrected chi connectivity index (χ4v) is 2.73. The predicted octanol–water partition coefficient (Wildman–Crippen LogP) is 4.55. The van der Waals surface area contributed by atoms with Crippen LogP contribution in [0, 0.1) is 11.7 Å². The van der Waals surface area contributed by atoms with Crippen LogP contribution in [0.5, 0.6) is 0 Å². The Labute approximate surface area is 145 Å². The van der Waals surface area contributed by atoms with Gasteiger partial charge in [-0.1, -0.05) is 29.3 Å². The molecule has 4 nitrogen and oxygen atoms in total. The van der Waals surface area contributed by atoms with Gasteiger partial charge >= 0.3 is 0 Å². The molecule has 2 aromatic carbocycles. The second-order valence-corrected chi connectivity index (χ2v) is 6.12. The highest BCUT2D eigenvalue weighted by Crippen LogP contribution is 2.15. The Morgan fingerprint density at radius 3 is 2.52 bits per heavy atom. The van der Waals surface area contributed by atoms with E-state index >= 15 is 0 Å². The van der Waals surface area contributed by atoms with Gasteiger partial charge in [-0.3, -0.25) is 9.67 Å². The van der Waals surface area contributed by atoms with Crippen molar-refractivity contribution in [3.8, 4) is 5.69 Å². The molecule has 0 amide bonds. The maximum Gasteiger partial charge on any atom is 0.199 e. The Morgan fingerprint density at radius 2 is 1.83 bits per heavy atom. The molecule has 1 aromatic heterocycles. The molecule has 1 heterocycles. The van der Waals surface area contributed by atoms with E-state index in [1.807, 2.05) is 28.8 Å². The van der Waals surface area contributed by atoms with Crippen molar-refractivity contribution < 1.29 is 0 Å². The van der Waals surface area contributed by atoms with Gasteiger partial charge in [-0.15, -0.1) is 0 Å². The van der Waals surface area contributed by atoms with E-state index in [0.717, 1.165) is 35.2 Å². The summed E-state index contributed by atoms with van der Waals surface area (Å²) in [6, 6.07) is 15.9. The highest BCUT2D eigenvalue weighted by Gasteiger charge is 2.08. The van der Waals surface area contributed by atoms with Crippen molar-refractivity contribution in [2.75, 3.05) is 11.9 Å². The molecule has 3 aromatic rings. The van der Waals surface area contributed by atoms with E-state index in [9.17, 15) is 0 Å². The Balaban J connectivity index is 1.72. The van der Waals surface area contributed by atoms with Crippen LogP contribution in [0.15, 0.2) is 48.5 Å². The minimum atomic E-state index is 0.607. The second kappa shape index (κ2) is 6.98. The summed E-state index contributed by atoms with van der Waals surface area (Å²) < 4.78 is 2.58. The number of nitrogens with zero attached hydrogens (tertiary/aromatic N) is 2.